The minimum absolute atomic E-state index is 0.0283. The molecule has 2 aromatic rings. The van der Waals surface area contributed by atoms with Gasteiger partial charge in [-0.15, -0.1) is 0 Å². The average molecular weight is 340 g/mol. The molecule has 0 saturated carbocycles. The summed E-state index contributed by atoms with van der Waals surface area (Å²) in [5.74, 6) is 1.23. The highest BCUT2D eigenvalue weighted by atomic mass is 16.5. The van der Waals surface area contributed by atoms with Crippen molar-refractivity contribution in [3.8, 4) is 11.5 Å². The fourth-order valence-corrected chi connectivity index (χ4v) is 3.30. The molecule has 3 rings (SSSR count). The standard InChI is InChI=1S/C20H24N2O3/c1-15-14-21(11-12-22(15)17-7-5-4-6-8-17)20(23)16-9-10-18(24-2)19(13-16)25-3/h4-10,13,15H,11-12,14H2,1-3H3. The Morgan fingerprint density at radius 1 is 1.00 bits per heavy atom. The van der Waals surface area contributed by atoms with E-state index in [-0.39, 0.29) is 11.9 Å². The summed E-state index contributed by atoms with van der Waals surface area (Å²) in [6, 6.07) is 15.9. The molecule has 5 heteroatoms. The smallest absolute Gasteiger partial charge is 0.254 e. The van der Waals surface area contributed by atoms with Crippen molar-refractivity contribution in [2.45, 2.75) is 13.0 Å². The monoisotopic (exact) mass is 340 g/mol. The number of nitrogens with zero attached hydrogens (tertiary/aromatic N) is 2. The lowest BCUT2D eigenvalue weighted by atomic mass is 10.1. The van der Waals surface area contributed by atoms with Crippen molar-refractivity contribution in [2.24, 2.45) is 0 Å². The van der Waals surface area contributed by atoms with Gasteiger partial charge in [-0.05, 0) is 37.3 Å². The molecule has 0 spiro atoms. The van der Waals surface area contributed by atoms with Crippen LogP contribution >= 0.6 is 0 Å². The lowest BCUT2D eigenvalue weighted by Crippen LogP contribution is -2.53. The molecule has 132 valence electrons. The molecule has 0 aliphatic carbocycles. The van der Waals surface area contributed by atoms with Crippen LogP contribution in [0.25, 0.3) is 0 Å². The van der Waals surface area contributed by atoms with Gasteiger partial charge in [0, 0.05) is 36.9 Å². The van der Waals surface area contributed by atoms with E-state index in [2.05, 4.69) is 24.0 Å². The normalized spacial score (nSPS) is 17.3. The third-order valence-corrected chi connectivity index (χ3v) is 4.63. The highest BCUT2D eigenvalue weighted by Crippen LogP contribution is 2.28. The predicted molar refractivity (Wildman–Crippen MR) is 98.7 cm³/mol. The molecule has 1 saturated heterocycles. The Labute approximate surface area is 148 Å². The molecule has 0 bridgehead atoms. The van der Waals surface area contributed by atoms with Crippen LogP contribution < -0.4 is 14.4 Å². The number of rotatable bonds is 4. The summed E-state index contributed by atoms with van der Waals surface area (Å²) in [7, 11) is 3.16. The molecule has 1 aliphatic heterocycles. The van der Waals surface area contributed by atoms with Crippen molar-refractivity contribution in [3.63, 3.8) is 0 Å². The van der Waals surface area contributed by atoms with Crippen LogP contribution in [0.1, 0.15) is 17.3 Å². The second-order valence-corrected chi connectivity index (χ2v) is 6.20. The number of hydrogen-bond donors (Lipinski definition) is 0. The van der Waals surface area contributed by atoms with E-state index in [1.807, 2.05) is 23.1 Å². The van der Waals surface area contributed by atoms with Crippen LogP contribution in [-0.2, 0) is 0 Å². The summed E-state index contributed by atoms with van der Waals surface area (Å²) in [5.41, 5.74) is 1.83. The molecule has 1 fully saturated rings. The van der Waals surface area contributed by atoms with Gasteiger partial charge in [0.2, 0.25) is 0 Å². The number of hydrogen-bond acceptors (Lipinski definition) is 4. The molecule has 1 heterocycles. The average Bonchev–Trinajstić information content (AvgIpc) is 2.67. The maximum Gasteiger partial charge on any atom is 0.254 e. The van der Waals surface area contributed by atoms with Crippen LogP contribution in [0.3, 0.4) is 0 Å². The zero-order valence-corrected chi connectivity index (χ0v) is 14.9. The van der Waals surface area contributed by atoms with Gasteiger partial charge in [-0.1, -0.05) is 18.2 Å². The van der Waals surface area contributed by atoms with Gasteiger partial charge in [-0.25, -0.2) is 0 Å². The molecule has 2 aromatic carbocycles. The number of carbonyl (C=O) groups excluding carboxylic acids is 1. The lowest BCUT2D eigenvalue weighted by Gasteiger charge is -2.41. The molecule has 1 amide bonds. The van der Waals surface area contributed by atoms with Crippen LogP contribution in [0.15, 0.2) is 48.5 Å². The van der Waals surface area contributed by atoms with Crippen molar-refractivity contribution in [2.75, 3.05) is 38.8 Å². The second-order valence-electron chi connectivity index (χ2n) is 6.20. The van der Waals surface area contributed by atoms with E-state index in [1.165, 1.54) is 5.69 Å². The number of anilines is 1. The first-order valence-electron chi connectivity index (χ1n) is 8.47. The molecule has 1 aliphatic rings. The summed E-state index contributed by atoms with van der Waals surface area (Å²) >= 11 is 0. The Bertz CT molecular complexity index is 733. The van der Waals surface area contributed by atoms with Crippen LogP contribution in [0.4, 0.5) is 5.69 Å². The van der Waals surface area contributed by atoms with Crippen molar-refractivity contribution >= 4 is 11.6 Å². The minimum Gasteiger partial charge on any atom is -0.493 e. The summed E-state index contributed by atoms with van der Waals surface area (Å²) in [5, 5.41) is 0. The fourth-order valence-electron chi connectivity index (χ4n) is 3.30. The van der Waals surface area contributed by atoms with E-state index >= 15 is 0 Å². The summed E-state index contributed by atoms with van der Waals surface area (Å²) in [6.45, 7) is 4.37. The number of ether oxygens (including phenoxy) is 2. The van der Waals surface area contributed by atoms with Crippen LogP contribution in [-0.4, -0.2) is 50.7 Å². The van der Waals surface area contributed by atoms with E-state index in [0.29, 0.717) is 30.2 Å². The Balaban J connectivity index is 1.72. The van der Waals surface area contributed by atoms with Crippen molar-refractivity contribution in [3.05, 3.63) is 54.1 Å². The minimum atomic E-state index is 0.0283. The first kappa shape index (κ1) is 17.1. The topological polar surface area (TPSA) is 42.0 Å². The van der Waals surface area contributed by atoms with Gasteiger partial charge in [0.25, 0.3) is 5.91 Å². The second kappa shape index (κ2) is 7.47. The predicted octanol–water partition coefficient (Wildman–Crippen LogP) is 3.05. The molecule has 0 radical (unpaired) electrons. The largest absolute Gasteiger partial charge is 0.493 e. The van der Waals surface area contributed by atoms with Gasteiger partial charge < -0.3 is 19.3 Å². The Kier molecular flexibility index (Phi) is 5.12. The van der Waals surface area contributed by atoms with E-state index in [0.717, 1.165) is 6.54 Å². The molecule has 5 nitrogen and oxygen atoms in total. The van der Waals surface area contributed by atoms with Gasteiger partial charge in [-0.2, -0.15) is 0 Å². The summed E-state index contributed by atoms with van der Waals surface area (Å²) in [4.78, 5) is 17.1. The van der Waals surface area contributed by atoms with Crippen LogP contribution in [0.5, 0.6) is 11.5 Å². The highest BCUT2D eigenvalue weighted by molar-refractivity contribution is 5.95. The third-order valence-electron chi connectivity index (χ3n) is 4.63. The lowest BCUT2D eigenvalue weighted by molar-refractivity contribution is 0.0726. The molecule has 25 heavy (non-hydrogen) atoms. The number of amides is 1. The van der Waals surface area contributed by atoms with Gasteiger partial charge in [0.05, 0.1) is 14.2 Å². The number of para-hydroxylation sites is 1. The van der Waals surface area contributed by atoms with E-state index < -0.39 is 0 Å². The van der Waals surface area contributed by atoms with E-state index in [9.17, 15) is 4.79 Å². The fraction of sp³-hybridized carbons (Fsp3) is 0.350. The first-order chi connectivity index (χ1) is 12.1. The highest BCUT2D eigenvalue weighted by Gasteiger charge is 2.27. The molecule has 1 unspecified atom stereocenters. The maximum atomic E-state index is 12.9. The first-order valence-corrected chi connectivity index (χ1v) is 8.47. The SMILES string of the molecule is COc1ccc(C(=O)N2CCN(c3ccccc3)C(C)C2)cc1OC. The molecular weight excluding hydrogens is 316 g/mol. The summed E-state index contributed by atoms with van der Waals surface area (Å²) in [6.07, 6.45) is 0. The molecule has 1 atom stereocenters. The number of piperazine rings is 1. The Morgan fingerprint density at radius 2 is 1.72 bits per heavy atom. The Hall–Kier alpha value is -2.69. The van der Waals surface area contributed by atoms with Gasteiger partial charge in [0.1, 0.15) is 0 Å². The quantitative estimate of drug-likeness (QED) is 0.858. The number of benzene rings is 2. The van der Waals surface area contributed by atoms with Gasteiger partial charge >= 0.3 is 0 Å². The van der Waals surface area contributed by atoms with Gasteiger partial charge in [0.15, 0.2) is 11.5 Å². The Morgan fingerprint density at radius 3 is 2.36 bits per heavy atom. The maximum absolute atomic E-state index is 12.9. The van der Waals surface area contributed by atoms with Crippen LogP contribution in [0, 0.1) is 0 Å². The number of carbonyl (C=O) groups is 1. The van der Waals surface area contributed by atoms with Crippen molar-refractivity contribution < 1.29 is 14.3 Å². The van der Waals surface area contributed by atoms with Crippen molar-refractivity contribution in [1.82, 2.24) is 4.90 Å². The van der Waals surface area contributed by atoms with E-state index in [1.54, 1.807) is 32.4 Å². The van der Waals surface area contributed by atoms with E-state index in [4.69, 9.17) is 9.47 Å². The molecule has 0 N–H and O–H groups in total. The third kappa shape index (κ3) is 3.55. The number of methoxy groups -OCH3 is 2. The molecule has 0 aromatic heterocycles. The summed E-state index contributed by atoms with van der Waals surface area (Å²) < 4.78 is 10.5. The molecular formula is C20H24N2O3. The zero-order valence-electron chi connectivity index (χ0n) is 14.9. The van der Waals surface area contributed by atoms with Gasteiger partial charge in [-0.3, -0.25) is 4.79 Å². The van der Waals surface area contributed by atoms with Crippen molar-refractivity contribution in [1.29, 1.82) is 0 Å². The van der Waals surface area contributed by atoms with Crippen LogP contribution in [0.2, 0.25) is 0 Å². The zero-order chi connectivity index (χ0) is 17.8.